The van der Waals surface area contributed by atoms with Crippen molar-refractivity contribution in [2.75, 3.05) is 7.11 Å². The van der Waals surface area contributed by atoms with Gasteiger partial charge in [0.25, 0.3) is 5.91 Å². The van der Waals surface area contributed by atoms with Gasteiger partial charge in [-0.15, -0.1) is 0 Å². The normalized spacial score (nSPS) is 10.7. The summed E-state index contributed by atoms with van der Waals surface area (Å²) in [5.41, 5.74) is 4.10. The molecule has 0 saturated heterocycles. The molecule has 0 aliphatic rings. The van der Waals surface area contributed by atoms with E-state index in [1.165, 1.54) is 0 Å². The van der Waals surface area contributed by atoms with Gasteiger partial charge in [-0.2, -0.15) is 0 Å². The van der Waals surface area contributed by atoms with Gasteiger partial charge in [0.15, 0.2) is 5.65 Å². The molecule has 6 nitrogen and oxygen atoms in total. The monoisotopic (exact) mass is 358 g/mol. The fourth-order valence-electron chi connectivity index (χ4n) is 2.88. The van der Waals surface area contributed by atoms with Crippen LogP contribution in [-0.2, 0) is 6.54 Å². The van der Waals surface area contributed by atoms with E-state index >= 15 is 0 Å². The Morgan fingerprint density at radius 1 is 1.07 bits per heavy atom. The molecule has 0 unspecified atom stereocenters. The number of carbonyl (C=O) groups excluding carboxylic acids is 1. The number of fused-ring (bicyclic) bond motifs is 1. The quantitative estimate of drug-likeness (QED) is 0.594. The molecule has 0 radical (unpaired) electrons. The van der Waals surface area contributed by atoms with E-state index in [0.717, 1.165) is 28.2 Å². The summed E-state index contributed by atoms with van der Waals surface area (Å²) in [5.74, 6) is 0.644. The first-order chi connectivity index (χ1) is 13.2. The van der Waals surface area contributed by atoms with E-state index in [9.17, 15) is 4.79 Å². The number of benzene rings is 2. The van der Waals surface area contributed by atoms with E-state index in [-0.39, 0.29) is 5.91 Å². The molecular weight excluding hydrogens is 340 g/mol. The minimum atomic E-state index is -0.127. The summed E-state index contributed by atoms with van der Waals surface area (Å²) in [6.07, 6.45) is 3.47. The lowest BCUT2D eigenvalue weighted by atomic mass is 10.1. The molecule has 2 heterocycles. The van der Waals surface area contributed by atoms with E-state index < -0.39 is 0 Å². The molecule has 134 valence electrons. The van der Waals surface area contributed by atoms with Crippen molar-refractivity contribution in [2.45, 2.75) is 6.54 Å². The molecule has 0 atom stereocenters. The molecule has 27 heavy (non-hydrogen) atoms. The molecule has 2 aromatic carbocycles. The Labute approximate surface area is 156 Å². The third-order valence-corrected chi connectivity index (χ3v) is 4.30. The summed E-state index contributed by atoms with van der Waals surface area (Å²) in [7, 11) is 1.62. The van der Waals surface area contributed by atoms with Crippen molar-refractivity contribution >= 4 is 17.1 Å². The van der Waals surface area contributed by atoms with Gasteiger partial charge in [0.05, 0.1) is 7.11 Å². The Hall–Kier alpha value is -3.67. The molecule has 1 amide bonds. The van der Waals surface area contributed by atoms with Gasteiger partial charge in [-0.05, 0) is 54.1 Å². The highest BCUT2D eigenvalue weighted by Gasteiger charge is 2.08. The molecule has 4 aromatic rings. The van der Waals surface area contributed by atoms with E-state index in [4.69, 9.17) is 4.74 Å². The van der Waals surface area contributed by atoms with E-state index in [1.807, 2.05) is 53.1 Å². The average Bonchev–Trinajstić information content (AvgIpc) is 3.16. The fourth-order valence-corrected chi connectivity index (χ4v) is 2.88. The molecule has 6 heteroatoms. The zero-order chi connectivity index (χ0) is 18.6. The van der Waals surface area contributed by atoms with Gasteiger partial charge in [0, 0.05) is 24.0 Å². The van der Waals surface area contributed by atoms with Crippen LogP contribution in [0.5, 0.6) is 5.75 Å². The third kappa shape index (κ3) is 3.50. The van der Waals surface area contributed by atoms with Gasteiger partial charge in [-0.1, -0.05) is 12.1 Å². The van der Waals surface area contributed by atoms with Crippen molar-refractivity contribution in [1.29, 1.82) is 0 Å². The van der Waals surface area contributed by atoms with Crippen molar-refractivity contribution in [1.82, 2.24) is 19.9 Å². The minimum absolute atomic E-state index is 0.127. The van der Waals surface area contributed by atoms with Crippen molar-refractivity contribution < 1.29 is 9.53 Å². The number of pyridine rings is 1. The van der Waals surface area contributed by atoms with Crippen LogP contribution >= 0.6 is 0 Å². The van der Waals surface area contributed by atoms with Crippen molar-refractivity contribution in [3.8, 4) is 11.4 Å². The number of amides is 1. The number of ether oxygens (including phenoxy) is 1. The highest BCUT2D eigenvalue weighted by Crippen LogP contribution is 2.17. The lowest BCUT2D eigenvalue weighted by Gasteiger charge is -2.08. The summed E-state index contributed by atoms with van der Waals surface area (Å²) in [6, 6.07) is 18.8. The van der Waals surface area contributed by atoms with Crippen LogP contribution in [0.1, 0.15) is 15.9 Å². The predicted octanol–water partition coefficient (Wildman–Crippen LogP) is 3.36. The summed E-state index contributed by atoms with van der Waals surface area (Å²) in [6.45, 7) is 0.438. The number of methoxy groups -OCH3 is 1. The van der Waals surface area contributed by atoms with Gasteiger partial charge in [-0.25, -0.2) is 9.97 Å². The van der Waals surface area contributed by atoms with Gasteiger partial charge in [0.2, 0.25) is 0 Å². The van der Waals surface area contributed by atoms with Crippen LogP contribution in [-0.4, -0.2) is 27.6 Å². The second-order valence-electron chi connectivity index (χ2n) is 6.04. The van der Waals surface area contributed by atoms with E-state index in [0.29, 0.717) is 12.1 Å². The van der Waals surface area contributed by atoms with Crippen molar-refractivity contribution in [3.05, 3.63) is 84.3 Å². The third-order valence-electron chi connectivity index (χ3n) is 4.30. The summed E-state index contributed by atoms with van der Waals surface area (Å²) < 4.78 is 7.10. The van der Waals surface area contributed by atoms with Crippen LogP contribution in [0.25, 0.3) is 16.9 Å². The molecule has 0 fully saturated rings. The number of nitrogens with one attached hydrogen (secondary N) is 1. The van der Waals surface area contributed by atoms with Crippen molar-refractivity contribution in [2.24, 2.45) is 0 Å². The molecule has 0 aliphatic carbocycles. The van der Waals surface area contributed by atoms with E-state index in [1.54, 1.807) is 31.8 Å². The standard InChI is InChI=1S/C21H18N4O2/c1-27-18-5-2-4-15(12-18)13-23-21(26)16-7-9-17(10-8-16)25-14-24-19-6-3-11-22-20(19)25/h2-12,14H,13H2,1H3,(H,23,26). The van der Waals surface area contributed by atoms with Crippen LogP contribution in [0, 0.1) is 0 Å². The molecular formula is C21H18N4O2. The Morgan fingerprint density at radius 3 is 2.74 bits per heavy atom. The SMILES string of the molecule is COc1cccc(CNC(=O)c2ccc(-n3cnc4cccnc43)cc2)c1. The largest absolute Gasteiger partial charge is 0.497 e. The Kier molecular flexibility index (Phi) is 4.53. The number of carbonyl (C=O) groups is 1. The summed E-state index contributed by atoms with van der Waals surface area (Å²) in [4.78, 5) is 21.1. The maximum atomic E-state index is 12.4. The first-order valence-electron chi connectivity index (χ1n) is 8.54. The number of aromatic nitrogens is 3. The second kappa shape index (κ2) is 7.29. The summed E-state index contributed by atoms with van der Waals surface area (Å²) in [5, 5.41) is 2.92. The number of nitrogens with zero attached hydrogens (tertiary/aromatic N) is 3. The van der Waals surface area contributed by atoms with Gasteiger partial charge in [-0.3, -0.25) is 9.36 Å². The first kappa shape index (κ1) is 16.8. The van der Waals surface area contributed by atoms with Crippen molar-refractivity contribution in [3.63, 3.8) is 0 Å². The Morgan fingerprint density at radius 2 is 1.93 bits per heavy atom. The van der Waals surface area contributed by atoms with Gasteiger partial charge in [0.1, 0.15) is 17.6 Å². The number of hydrogen-bond acceptors (Lipinski definition) is 4. The number of rotatable bonds is 5. The minimum Gasteiger partial charge on any atom is -0.497 e. The maximum Gasteiger partial charge on any atom is 0.251 e. The van der Waals surface area contributed by atoms with Crippen LogP contribution in [0.3, 0.4) is 0 Å². The van der Waals surface area contributed by atoms with Gasteiger partial charge >= 0.3 is 0 Å². The molecule has 0 bridgehead atoms. The molecule has 4 rings (SSSR count). The number of imidazole rings is 1. The number of hydrogen-bond donors (Lipinski definition) is 1. The topological polar surface area (TPSA) is 69.0 Å². The van der Waals surface area contributed by atoms with Crippen LogP contribution in [0.4, 0.5) is 0 Å². The lowest BCUT2D eigenvalue weighted by molar-refractivity contribution is 0.0951. The average molecular weight is 358 g/mol. The van der Waals surface area contributed by atoms with Crippen LogP contribution in [0.15, 0.2) is 73.2 Å². The summed E-state index contributed by atoms with van der Waals surface area (Å²) >= 11 is 0. The molecule has 1 N–H and O–H groups in total. The highest BCUT2D eigenvalue weighted by molar-refractivity contribution is 5.94. The van der Waals surface area contributed by atoms with Crippen LogP contribution < -0.4 is 10.1 Å². The van der Waals surface area contributed by atoms with Gasteiger partial charge < -0.3 is 10.1 Å². The Bertz CT molecular complexity index is 1090. The van der Waals surface area contributed by atoms with Crippen LogP contribution in [0.2, 0.25) is 0 Å². The Balaban J connectivity index is 1.47. The molecule has 0 saturated carbocycles. The zero-order valence-electron chi connectivity index (χ0n) is 14.8. The highest BCUT2D eigenvalue weighted by atomic mass is 16.5. The first-order valence-corrected chi connectivity index (χ1v) is 8.54. The smallest absolute Gasteiger partial charge is 0.251 e. The molecule has 2 aromatic heterocycles. The molecule has 0 aliphatic heterocycles. The molecule has 0 spiro atoms. The predicted molar refractivity (Wildman–Crippen MR) is 103 cm³/mol. The fraction of sp³-hybridized carbons (Fsp3) is 0.0952. The second-order valence-corrected chi connectivity index (χ2v) is 6.04. The lowest BCUT2D eigenvalue weighted by Crippen LogP contribution is -2.22. The zero-order valence-corrected chi connectivity index (χ0v) is 14.8. The van der Waals surface area contributed by atoms with E-state index in [2.05, 4.69) is 15.3 Å². The maximum absolute atomic E-state index is 12.4.